The van der Waals surface area contributed by atoms with Gasteiger partial charge in [0.15, 0.2) is 0 Å². The van der Waals surface area contributed by atoms with E-state index in [0.29, 0.717) is 105 Å². The van der Waals surface area contributed by atoms with E-state index >= 15 is 0 Å². The number of amides is 2. The SMILES string of the molecule is C=CC(=O)NCCCCN(C)CCOP(=O)(OCCOCCOCCOCCOCCOCCOCCOC)OCCN(C)CCCCNC(=O)C=C. The number of phosphoric ester groups is 1. The first-order chi connectivity index (χ1) is 25.8. The summed E-state index contributed by atoms with van der Waals surface area (Å²) in [6.07, 6.45) is 5.90. The van der Waals surface area contributed by atoms with Gasteiger partial charge >= 0.3 is 7.82 Å². The van der Waals surface area contributed by atoms with Gasteiger partial charge in [0.25, 0.3) is 0 Å². The van der Waals surface area contributed by atoms with E-state index in [4.69, 9.17) is 46.7 Å². The number of hydrogen-bond donors (Lipinski definition) is 2. The summed E-state index contributed by atoms with van der Waals surface area (Å²) >= 11 is 0. The lowest BCUT2D eigenvalue weighted by Gasteiger charge is -2.22. The van der Waals surface area contributed by atoms with Crippen molar-refractivity contribution in [2.45, 2.75) is 25.7 Å². The average Bonchev–Trinajstić information content (AvgIpc) is 3.14. The second-order valence-electron chi connectivity index (χ2n) is 11.6. The van der Waals surface area contributed by atoms with E-state index in [1.807, 2.05) is 14.1 Å². The van der Waals surface area contributed by atoms with Gasteiger partial charge in [0.2, 0.25) is 11.8 Å². The van der Waals surface area contributed by atoms with Gasteiger partial charge in [0.1, 0.15) is 0 Å². The van der Waals surface area contributed by atoms with E-state index in [0.717, 1.165) is 38.8 Å². The van der Waals surface area contributed by atoms with Gasteiger partial charge in [-0.15, -0.1) is 0 Å². The molecule has 0 radical (unpaired) electrons. The molecule has 0 fully saturated rings. The minimum absolute atomic E-state index is 0.0200. The number of carbonyl (C=O) groups excluding carboxylic acids is 2. The van der Waals surface area contributed by atoms with Gasteiger partial charge in [-0.25, -0.2) is 4.57 Å². The van der Waals surface area contributed by atoms with Gasteiger partial charge in [-0.3, -0.25) is 23.2 Å². The molecule has 0 saturated heterocycles. The monoisotopic (exact) mass is 784 g/mol. The number of methoxy groups -OCH3 is 1. The Morgan fingerprint density at radius 2 is 0.830 bits per heavy atom. The maximum Gasteiger partial charge on any atom is 0.474 e. The molecule has 0 aromatic rings. The molecule has 0 spiro atoms. The third kappa shape index (κ3) is 36.9. The average molecular weight is 785 g/mol. The normalized spacial score (nSPS) is 11.7. The molecular formula is C35H69N4O13P. The number of ether oxygens (including phenoxy) is 7. The number of nitrogens with one attached hydrogen (secondary N) is 2. The summed E-state index contributed by atoms with van der Waals surface area (Å²) in [5, 5.41) is 5.51. The molecule has 0 rings (SSSR count). The molecule has 18 heteroatoms. The van der Waals surface area contributed by atoms with Crippen LogP contribution in [0.1, 0.15) is 25.7 Å². The molecule has 0 atom stereocenters. The fraction of sp³-hybridized carbons (Fsp3) is 0.829. The summed E-state index contributed by atoms with van der Waals surface area (Å²) in [6.45, 7) is 16.8. The van der Waals surface area contributed by atoms with Gasteiger partial charge in [0.05, 0.1) is 106 Å². The van der Waals surface area contributed by atoms with Crippen molar-refractivity contribution in [2.75, 3.05) is 166 Å². The Kier molecular flexibility index (Phi) is 37.1. The number of nitrogens with zero attached hydrogens (tertiary/aromatic N) is 2. The lowest BCUT2D eigenvalue weighted by Crippen LogP contribution is -2.27. The highest BCUT2D eigenvalue weighted by Gasteiger charge is 2.27. The number of carbonyl (C=O) groups is 2. The predicted octanol–water partition coefficient (Wildman–Crippen LogP) is 1.92. The Morgan fingerprint density at radius 1 is 0.509 bits per heavy atom. The number of rotatable bonds is 42. The molecule has 0 aromatic heterocycles. The molecular weight excluding hydrogens is 715 g/mol. The zero-order chi connectivity index (χ0) is 39.1. The Morgan fingerprint density at radius 3 is 1.17 bits per heavy atom. The lowest BCUT2D eigenvalue weighted by molar-refractivity contribution is -0.117. The van der Waals surface area contributed by atoms with Crippen LogP contribution in [0.25, 0.3) is 0 Å². The van der Waals surface area contributed by atoms with E-state index < -0.39 is 7.82 Å². The van der Waals surface area contributed by atoms with Crippen LogP contribution < -0.4 is 10.6 Å². The van der Waals surface area contributed by atoms with Crippen LogP contribution in [-0.4, -0.2) is 188 Å². The minimum Gasteiger partial charge on any atom is -0.382 e. The molecule has 0 aliphatic rings. The molecule has 0 heterocycles. The van der Waals surface area contributed by atoms with Crippen molar-refractivity contribution in [2.24, 2.45) is 0 Å². The Labute approximate surface area is 317 Å². The second kappa shape index (κ2) is 38.4. The molecule has 0 bridgehead atoms. The molecule has 0 aliphatic heterocycles. The van der Waals surface area contributed by atoms with Crippen LogP contribution in [0.5, 0.6) is 0 Å². The minimum atomic E-state index is -3.85. The van der Waals surface area contributed by atoms with Crippen LogP contribution in [0, 0.1) is 0 Å². The maximum absolute atomic E-state index is 13.4. The van der Waals surface area contributed by atoms with E-state index in [1.54, 1.807) is 7.11 Å². The van der Waals surface area contributed by atoms with Crippen LogP contribution >= 0.6 is 7.82 Å². The molecule has 2 amide bonds. The van der Waals surface area contributed by atoms with E-state index in [-0.39, 0.29) is 38.2 Å². The molecule has 312 valence electrons. The van der Waals surface area contributed by atoms with Gasteiger partial charge < -0.3 is 53.6 Å². The first-order valence-electron chi connectivity index (χ1n) is 18.4. The number of phosphoric acid groups is 1. The third-order valence-electron chi connectivity index (χ3n) is 7.12. The molecule has 17 nitrogen and oxygen atoms in total. The summed E-state index contributed by atoms with van der Waals surface area (Å²) in [7, 11) is 1.66. The predicted molar refractivity (Wildman–Crippen MR) is 202 cm³/mol. The van der Waals surface area contributed by atoms with E-state index in [2.05, 4.69) is 33.6 Å². The topological polar surface area (TPSA) is 174 Å². The second-order valence-corrected chi connectivity index (χ2v) is 13.3. The highest BCUT2D eigenvalue weighted by Crippen LogP contribution is 2.49. The Bertz CT molecular complexity index is 892. The zero-order valence-electron chi connectivity index (χ0n) is 32.6. The van der Waals surface area contributed by atoms with Crippen molar-refractivity contribution in [3.63, 3.8) is 0 Å². The fourth-order valence-corrected chi connectivity index (χ4v) is 5.22. The summed E-state index contributed by atoms with van der Waals surface area (Å²) < 4.78 is 68.0. The van der Waals surface area contributed by atoms with Crippen molar-refractivity contribution in [3.8, 4) is 0 Å². The molecule has 0 aromatic carbocycles. The van der Waals surface area contributed by atoms with Gasteiger partial charge in [-0.1, -0.05) is 13.2 Å². The van der Waals surface area contributed by atoms with Gasteiger partial charge in [0, 0.05) is 33.3 Å². The molecule has 0 saturated carbocycles. The van der Waals surface area contributed by atoms with E-state index in [1.165, 1.54) is 12.2 Å². The van der Waals surface area contributed by atoms with Crippen LogP contribution in [0.2, 0.25) is 0 Å². The Hall–Kier alpha value is -1.83. The number of unbranched alkanes of at least 4 members (excludes halogenated alkanes) is 2. The van der Waals surface area contributed by atoms with Crippen LogP contribution in [0.15, 0.2) is 25.3 Å². The van der Waals surface area contributed by atoms with Gasteiger partial charge in [-0.05, 0) is 65.0 Å². The van der Waals surface area contributed by atoms with Crippen molar-refractivity contribution >= 4 is 19.6 Å². The number of likely N-dealkylation sites (N-methyl/N-ethyl adjacent to an activating group) is 2. The third-order valence-corrected chi connectivity index (χ3v) is 8.61. The standard InChI is InChI=1S/C35H69N4O13P/c1-6-34(40)36-12-8-10-14-38(3)16-18-50-53(42,51-19-17-39(4)15-11-9-13-37-35(41)7-2)52-33-32-49-31-30-48-29-28-47-27-26-46-25-24-45-23-22-44-21-20-43-5/h6-7H,1-2,8-33H2,3-5H3,(H,36,40)(H,37,41). The number of hydrogen-bond acceptors (Lipinski definition) is 15. The van der Waals surface area contributed by atoms with Crippen LogP contribution in [-0.2, 0) is 60.9 Å². The van der Waals surface area contributed by atoms with Crippen molar-refractivity contribution < 1.29 is 60.9 Å². The fourth-order valence-electron chi connectivity index (χ4n) is 4.09. The first kappa shape index (κ1) is 51.2. The van der Waals surface area contributed by atoms with Crippen molar-refractivity contribution in [1.29, 1.82) is 0 Å². The first-order valence-corrected chi connectivity index (χ1v) is 19.9. The molecule has 0 aliphatic carbocycles. The van der Waals surface area contributed by atoms with Gasteiger partial charge in [-0.2, -0.15) is 0 Å². The van der Waals surface area contributed by atoms with E-state index in [9.17, 15) is 14.2 Å². The molecule has 2 N–H and O–H groups in total. The Balaban J connectivity index is 4.19. The zero-order valence-corrected chi connectivity index (χ0v) is 33.5. The summed E-state index contributed by atoms with van der Waals surface area (Å²) in [5.74, 6) is -0.368. The van der Waals surface area contributed by atoms with Crippen LogP contribution in [0.4, 0.5) is 0 Å². The lowest BCUT2D eigenvalue weighted by atomic mass is 10.3. The van der Waals surface area contributed by atoms with Crippen molar-refractivity contribution in [1.82, 2.24) is 20.4 Å². The summed E-state index contributed by atoms with van der Waals surface area (Å²) in [4.78, 5) is 26.6. The maximum atomic E-state index is 13.4. The summed E-state index contributed by atoms with van der Waals surface area (Å²) in [6, 6.07) is 0. The smallest absolute Gasteiger partial charge is 0.382 e. The largest absolute Gasteiger partial charge is 0.474 e. The highest BCUT2D eigenvalue weighted by molar-refractivity contribution is 7.48. The molecule has 53 heavy (non-hydrogen) atoms. The summed E-state index contributed by atoms with van der Waals surface area (Å²) in [5.41, 5.74) is 0. The van der Waals surface area contributed by atoms with Crippen molar-refractivity contribution in [3.05, 3.63) is 25.3 Å². The quantitative estimate of drug-likeness (QED) is 0.0522. The highest BCUT2D eigenvalue weighted by atomic mass is 31.2. The molecule has 0 unspecified atom stereocenters. The van der Waals surface area contributed by atoms with Crippen LogP contribution in [0.3, 0.4) is 0 Å².